The van der Waals surface area contributed by atoms with Gasteiger partial charge < -0.3 is 27.4 Å². The summed E-state index contributed by atoms with van der Waals surface area (Å²) in [5.74, 6) is -0.805. The number of carbonyl (C=O) groups is 2. The van der Waals surface area contributed by atoms with Gasteiger partial charge in [0.25, 0.3) is 5.91 Å². The van der Waals surface area contributed by atoms with Gasteiger partial charge >= 0.3 is 6.18 Å². The Hall–Kier alpha value is -4.35. The lowest BCUT2D eigenvalue weighted by Crippen LogP contribution is -2.48. The fourth-order valence-electron chi connectivity index (χ4n) is 3.66. The van der Waals surface area contributed by atoms with Crippen molar-refractivity contribution in [1.82, 2.24) is 20.6 Å². The molecule has 0 saturated heterocycles. The van der Waals surface area contributed by atoms with Crippen LogP contribution < -0.4 is 27.4 Å². The van der Waals surface area contributed by atoms with Crippen LogP contribution >= 0.6 is 0 Å². The van der Waals surface area contributed by atoms with Crippen molar-refractivity contribution in [3.63, 3.8) is 0 Å². The minimum atomic E-state index is -4.58. The maximum atomic E-state index is 13.4. The highest BCUT2D eigenvalue weighted by Gasteiger charge is 2.51. The third-order valence-corrected chi connectivity index (χ3v) is 5.79. The molecule has 0 spiro atoms. The number of pyridine rings is 2. The molecule has 2 heterocycles. The number of carbonyl (C=O) groups excluding carboxylic acids is 2. The summed E-state index contributed by atoms with van der Waals surface area (Å²) >= 11 is 0. The Bertz CT molecular complexity index is 1320. The zero-order valence-electron chi connectivity index (χ0n) is 19.2. The van der Waals surface area contributed by atoms with Gasteiger partial charge in [0.2, 0.25) is 5.91 Å². The predicted molar refractivity (Wildman–Crippen MR) is 128 cm³/mol. The largest absolute Gasteiger partial charge is 0.418 e. The summed E-state index contributed by atoms with van der Waals surface area (Å²) in [4.78, 5) is 33.4. The van der Waals surface area contributed by atoms with Crippen LogP contribution in [0.1, 0.15) is 40.0 Å². The molecule has 9 nitrogen and oxygen atoms in total. The molecule has 1 aromatic carbocycles. The smallest absolute Gasteiger partial charge is 0.399 e. The first-order valence-electron chi connectivity index (χ1n) is 11.0. The Morgan fingerprint density at radius 3 is 2.44 bits per heavy atom. The number of nitrogens with one attached hydrogen (secondary N) is 3. The summed E-state index contributed by atoms with van der Waals surface area (Å²) in [6, 6.07) is 6.60. The highest BCUT2D eigenvalue weighted by molar-refractivity contribution is 6.00. The van der Waals surface area contributed by atoms with Crippen molar-refractivity contribution >= 4 is 34.6 Å². The van der Waals surface area contributed by atoms with Crippen molar-refractivity contribution in [2.45, 2.75) is 38.0 Å². The second kappa shape index (κ2) is 9.36. The van der Waals surface area contributed by atoms with Crippen molar-refractivity contribution < 1.29 is 22.8 Å². The van der Waals surface area contributed by atoms with E-state index in [1.807, 2.05) is 0 Å². The number of nitrogen functional groups attached to an aromatic ring is 2. The van der Waals surface area contributed by atoms with E-state index in [2.05, 4.69) is 25.9 Å². The van der Waals surface area contributed by atoms with Gasteiger partial charge in [-0.05, 0) is 55.7 Å². The molecule has 1 aliphatic rings. The topological polar surface area (TPSA) is 148 Å². The zero-order chi connectivity index (χ0) is 26.1. The number of nitrogens with two attached hydrogens (primary N) is 2. The van der Waals surface area contributed by atoms with E-state index in [1.54, 1.807) is 13.0 Å². The molecule has 0 aliphatic heterocycles. The molecule has 3 aromatic rings. The average Bonchev–Trinajstić information content (AvgIpc) is 3.59. The number of aromatic nitrogens is 2. The Balaban J connectivity index is 1.39. The Morgan fingerprint density at radius 2 is 1.81 bits per heavy atom. The molecule has 2 aromatic heterocycles. The van der Waals surface area contributed by atoms with Gasteiger partial charge in [-0.2, -0.15) is 13.2 Å². The van der Waals surface area contributed by atoms with Gasteiger partial charge in [-0.1, -0.05) is 0 Å². The molecular formula is C24H24F3N7O2. The fourth-order valence-corrected chi connectivity index (χ4v) is 3.66. The van der Waals surface area contributed by atoms with Crippen molar-refractivity contribution in [3.8, 4) is 0 Å². The van der Waals surface area contributed by atoms with E-state index in [-0.39, 0.29) is 29.4 Å². The van der Waals surface area contributed by atoms with Crippen molar-refractivity contribution in [2.24, 2.45) is 0 Å². The van der Waals surface area contributed by atoms with Crippen LogP contribution in [0.4, 0.5) is 35.9 Å². The number of benzene rings is 1. The molecule has 36 heavy (non-hydrogen) atoms. The van der Waals surface area contributed by atoms with Crippen LogP contribution in [-0.4, -0.2) is 27.3 Å². The van der Waals surface area contributed by atoms with E-state index in [0.717, 1.165) is 6.07 Å². The number of amides is 2. The standard InChI is InChI=1S/C24H24F3N7O2/c1-13-6-17(33-19-3-2-15(28)8-18(19)24(25,26)27)11-31-20(13)12-32-22(36)23(4-5-23)34-21(35)14-7-16(29)10-30-9-14/h2-3,6-11,33H,4-5,12,28-29H2,1H3,(H,32,36)(H,34,35). The summed E-state index contributed by atoms with van der Waals surface area (Å²) < 4.78 is 40.1. The van der Waals surface area contributed by atoms with Gasteiger partial charge in [0.05, 0.1) is 46.6 Å². The second-order valence-electron chi connectivity index (χ2n) is 8.64. The lowest BCUT2D eigenvalue weighted by Gasteiger charge is -2.18. The minimum Gasteiger partial charge on any atom is -0.399 e. The van der Waals surface area contributed by atoms with Gasteiger partial charge in [-0.25, -0.2) is 0 Å². The van der Waals surface area contributed by atoms with Gasteiger partial charge in [0, 0.05) is 18.1 Å². The molecule has 0 atom stereocenters. The number of anilines is 4. The number of hydrogen-bond donors (Lipinski definition) is 5. The molecule has 2 amide bonds. The zero-order valence-corrected chi connectivity index (χ0v) is 19.2. The summed E-state index contributed by atoms with van der Waals surface area (Å²) in [6.45, 7) is 1.81. The molecule has 188 valence electrons. The Labute approximate surface area is 204 Å². The summed E-state index contributed by atoms with van der Waals surface area (Å²) in [7, 11) is 0. The number of nitrogens with zero attached hydrogens (tertiary/aromatic N) is 2. The van der Waals surface area contributed by atoms with Gasteiger partial charge in [-0.15, -0.1) is 0 Å². The normalized spacial score (nSPS) is 14.1. The first kappa shape index (κ1) is 24.8. The SMILES string of the molecule is Cc1cc(Nc2ccc(N)cc2C(F)(F)F)cnc1CNC(=O)C1(NC(=O)c2cncc(N)c2)CC1. The van der Waals surface area contributed by atoms with E-state index in [4.69, 9.17) is 11.5 Å². The molecule has 0 bridgehead atoms. The number of aryl methyl sites for hydroxylation is 1. The number of hydrogen-bond acceptors (Lipinski definition) is 7. The van der Waals surface area contributed by atoms with Crippen LogP contribution in [-0.2, 0) is 17.5 Å². The number of rotatable bonds is 7. The van der Waals surface area contributed by atoms with Crippen LogP contribution in [0.25, 0.3) is 0 Å². The molecule has 1 aliphatic carbocycles. The third kappa shape index (κ3) is 5.48. The lowest BCUT2D eigenvalue weighted by atomic mass is 10.1. The van der Waals surface area contributed by atoms with Crippen LogP contribution in [0, 0.1) is 6.92 Å². The van der Waals surface area contributed by atoms with E-state index in [0.29, 0.717) is 35.5 Å². The molecule has 7 N–H and O–H groups in total. The summed E-state index contributed by atoms with van der Waals surface area (Å²) in [5.41, 5.74) is 11.2. The first-order chi connectivity index (χ1) is 17.0. The van der Waals surface area contributed by atoms with Crippen molar-refractivity contribution in [3.05, 3.63) is 71.3 Å². The third-order valence-electron chi connectivity index (χ3n) is 5.79. The molecule has 4 rings (SSSR count). The highest BCUT2D eigenvalue weighted by atomic mass is 19.4. The predicted octanol–water partition coefficient (Wildman–Crippen LogP) is 3.29. The van der Waals surface area contributed by atoms with Crippen LogP contribution in [0.5, 0.6) is 0 Å². The van der Waals surface area contributed by atoms with Crippen molar-refractivity contribution in [1.29, 1.82) is 0 Å². The van der Waals surface area contributed by atoms with E-state index in [9.17, 15) is 22.8 Å². The fraction of sp³-hybridized carbons (Fsp3) is 0.250. The lowest BCUT2D eigenvalue weighted by molar-refractivity contribution is -0.136. The summed E-state index contributed by atoms with van der Waals surface area (Å²) in [5, 5.41) is 8.24. The molecule has 0 unspecified atom stereocenters. The number of halogens is 3. The number of alkyl halides is 3. The van der Waals surface area contributed by atoms with Crippen LogP contribution in [0.15, 0.2) is 48.9 Å². The minimum absolute atomic E-state index is 0.00228. The van der Waals surface area contributed by atoms with Crippen molar-refractivity contribution in [2.75, 3.05) is 16.8 Å². The maximum absolute atomic E-state index is 13.4. The van der Waals surface area contributed by atoms with E-state index >= 15 is 0 Å². The van der Waals surface area contributed by atoms with Crippen LogP contribution in [0.2, 0.25) is 0 Å². The van der Waals surface area contributed by atoms with E-state index < -0.39 is 23.2 Å². The Kier molecular flexibility index (Phi) is 6.44. The summed E-state index contributed by atoms with van der Waals surface area (Å²) in [6.07, 6.45) is 0.550. The van der Waals surface area contributed by atoms with Gasteiger partial charge in [0.1, 0.15) is 5.54 Å². The molecule has 1 fully saturated rings. The van der Waals surface area contributed by atoms with E-state index in [1.165, 1.54) is 36.8 Å². The van der Waals surface area contributed by atoms with Crippen LogP contribution in [0.3, 0.4) is 0 Å². The Morgan fingerprint density at radius 1 is 1.06 bits per heavy atom. The first-order valence-corrected chi connectivity index (χ1v) is 11.0. The quantitative estimate of drug-likeness (QED) is 0.313. The average molecular weight is 499 g/mol. The highest BCUT2D eigenvalue weighted by Crippen LogP contribution is 2.38. The monoisotopic (exact) mass is 499 g/mol. The van der Waals surface area contributed by atoms with Gasteiger partial charge in [-0.3, -0.25) is 19.6 Å². The second-order valence-corrected chi connectivity index (χ2v) is 8.64. The molecule has 12 heteroatoms. The molecule has 0 radical (unpaired) electrons. The molecular weight excluding hydrogens is 475 g/mol. The maximum Gasteiger partial charge on any atom is 0.418 e. The van der Waals surface area contributed by atoms with Gasteiger partial charge in [0.15, 0.2) is 0 Å². The molecule has 1 saturated carbocycles.